The number of ketones is 1. The lowest BCUT2D eigenvalue weighted by atomic mass is 9.64. The van der Waals surface area contributed by atoms with E-state index in [4.69, 9.17) is 4.74 Å². The van der Waals surface area contributed by atoms with E-state index in [0.717, 1.165) is 30.4 Å². The fourth-order valence-electron chi connectivity index (χ4n) is 6.90. The number of carbonyl (C=O) groups excluding carboxylic acids is 2. The molecule has 32 heavy (non-hydrogen) atoms. The average molecular weight is 430 g/mol. The molecular formula is C28H31NO3. The van der Waals surface area contributed by atoms with Gasteiger partial charge in [-0.25, -0.2) is 4.79 Å². The number of nitrogens with zero attached hydrogens (tertiary/aromatic N) is 1. The summed E-state index contributed by atoms with van der Waals surface area (Å²) in [6.45, 7) is 2.18. The maximum Gasteiger partial charge on any atom is 0.338 e. The highest BCUT2D eigenvalue weighted by molar-refractivity contribution is 6.16. The van der Waals surface area contributed by atoms with Crippen molar-refractivity contribution in [2.75, 3.05) is 20.7 Å². The zero-order valence-corrected chi connectivity index (χ0v) is 19.2. The Morgan fingerprint density at radius 2 is 1.69 bits per heavy atom. The van der Waals surface area contributed by atoms with E-state index in [9.17, 15) is 9.59 Å². The number of hydrogen-bond acceptors (Lipinski definition) is 4. The van der Waals surface area contributed by atoms with Gasteiger partial charge in [0.25, 0.3) is 0 Å². The Balaban J connectivity index is 1.76. The molecule has 0 heterocycles. The first kappa shape index (κ1) is 21.1. The molecule has 3 aliphatic rings. The first-order valence-corrected chi connectivity index (χ1v) is 11.8. The number of allylic oxidation sites excluding steroid dienone is 1. The summed E-state index contributed by atoms with van der Waals surface area (Å²) in [5.74, 6) is 0.400. The van der Waals surface area contributed by atoms with Crippen molar-refractivity contribution >= 4 is 22.9 Å². The molecule has 2 bridgehead atoms. The quantitative estimate of drug-likeness (QED) is 0.610. The summed E-state index contributed by atoms with van der Waals surface area (Å²) in [5.41, 5.74) is 4.60. The Kier molecular flexibility index (Phi) is 5.09. The minimum Gasteiger partial charge on any atom is -0.462 e. The zero-order chi connectivity index (χ0) is 22.5. The summed E-state index contributed by atoms with van der Waals surface area (Å²) in [6, 6.07) is 18.3. The lowest BCUT2D eigenvalue weighted by Gasteiger charge is -2.43. The molecule has 0 unspecified atom stereocenters. The van der Waals surface area contributed by atoms with Gasteiger partial charge in [0.15, 0.2) is 0 Å². The van der Waals surface area contributed by atoms with Crippen molar-refractivity contribution in [3.8, 4) is 0 Å². The van der Waals surface area contributed by atoms with Crippen LogP contribution in [0.5, 0.6) is 0 Å². The molecule has 0 radical (unpaired) electrons. The minimum atomic E-state index is -0.404. The monoisotopic (exact) mass is 429 g/mol. The number of likely N-dealkylation sites (N-methyl/N-ethyl adjacent to an activating group) is 1. The Bertz CT molecular complexity index is 1090. The van der Waals surface area contributed by atoms with Crippen molar-refractivity contribution in [3.63, 3.8) is 0 Å². The van der Waals surface area contributed by atoms with Crippen LogP contribution < -0.4 is 0 Å². The fourth-order valence-corrected chi connectivity index (χ4v) is 6.90. The van der Waals surface area contributed by atoms with Gasteiger partial charge in [-0.15, -0.1) is 0 Å². The number of rotatable bonds is 5. The molecule has 5 rings (SSSR count). The van der Waals surface area contributed by atoms with E-state index in [1.54, 1.807) is 0 Å². The summed E-state index contributed by atoms with van der Waals surface area (Å²) < 4.78 is 5.18. The lowest BCUT2D eigenvalue weighted by molar-refractivity contribution is -0.125. The second-order valence-electron chi connectivity index (χ2n) is 9.60. The molecule has 0 aliphatic heterocycles. The summed E-state index contributed by atoms with van der Waals surface area (Å²) in [6.07, 6.45) is 4.84. The number of hydrogen-bond donors (Lipinski definition) is 0. The van der Waals surface area contributed by atoms with E-state index >= 15 is 0 Å². The molecule has 2 aromatic rings. The predicted octanol–water partition coefficient (Wildman–Crippen LogP) is 5.24. The minimum absolute atomic E-state index is 0.293. The van der Waals surface area contributed by atoms with Gasteiger partial charge >= 0.3 is 5.97 Å². The van der Waals surface area contributed by atoms with Crippen molar-refractivity contribution in [2.45, 2.75) is 44.6 Å². The number of benzene rings is 2. The van der Waals surface area contributed by atoms with Gasteiger partial charge in [-0.05, 0) is 74.2 Å². The maximum absolute atomic E-state index is 13.8. The predicted molar refractivity (Wildman–Crippen MR) is 126 cm³/mol. The van der Waals surface area contributed by atoms with Crippen LogP contribution in [0.2, 0.25) is 0 Å². The normalized spacial score (nSPS) is 28.9. The van der Waals surface area contributed by atoms with Gasteiger partial charge in [-0.3, -0.25) is 9.69 Å². The van der Waals surface area contributed by atoms with Crippen LogP contribution >= 0.6 is 0 Å². The van der Waals surface area contributed by atoms with Gasteiger partial charge in [0.1, 0.15) is 5.78 Å². The highest BCUT2D eigenvalue weighted by atomic mass is 16.5. The van der Waals surface area contributed by atoms with Gasteiger partial charge in [-0.2, -0.15) is 0 Å². The third-order valence-electron chi connectivity index (χ3n) is 8.09. The summed E-state index contributed by atoms with van der Waals surface area (Å²) >= 11 is 0. The van der Waals surface area contributed by atoms with Crippen LogP contribution in [-0.2, 0) is 9.53 Å². The molecule has 4 nitrogen and oxygen atoms in total. The van der Waals surface area contributed by atoms with Crippen LogP contribution in [0, 0.1) is 11.3 Å². The number of Topliss-reactive ketones (excluding diaryl/α,β-unsaturated/α-hetero) is 1. The zero-order valence-electron chi connectivity index (χ0n) is 19.2. The van der Waals surface area contributed by atoms with E-state index in [1.807, 2.05) is 37.3 Å². The Hall–Kier alpha value is -2.72. The molecule has 2 aromatic carbocycles. The fraction of sp³-hybridized carbons (Fsp3) is 0.429. The summed E-state index contributed by atoms with van der Waals surface area (Å²) in [7, 11) is 4.25. The summed E-state index contributed by atoms with van der Waals surface area (Å²) in [4.78, 5) is 28.3. The molecule has 0 spiro atoms. The molecule has 0 amide bonds. The van der Waals surface area contributed by atoms with Gasteiger partial charge in [0.2, 0.25) is 0 Å². The molecule has 3 aliphatic carbocycles. The van der Waals surface area contributed by atoms with E-state index in [2.05, 4.69) is 43.3 Å². The Morgan fingerprint density at radius 3 is 2.34 bits per heavy atom. The third kappa shape index (κ3) is 2.72. The van der Waals surface area contributed by atoms with Crippen LogP contribution in [-0.4, -0.2) is 42.9 Å². The van der Waals surface area contributed by atoms with Crippen LogP contribution in [0.3, 0.4) is 0 Å². The molecule has 0 aromatic heterocycles. The molecule has 2 fully saturated rings. The lowest BCUT2D eigenvalue weighted by Crippen LogP contribution is -2.48. The van der Waals surface area contributed by atoms with Crippen molar-refractivity contribution in [3.05, 3.63) is 71.3 Å². The average Bonchev–Trinajstić information content (AvgIpc) is 3.24. The highest BCUT2D eigenvalue weighted by Crippen LogP contribution is 2.72. The Labute approximate surface area is 190 Å². The van der Waals surface area contributed by atoms with E-state index in [-0.39, 0.29) is 11.5 Å². The Morgan fingerprint density at radius 1 is 1.00 bits per heavy atom. The molecule has 3 atom stereocenters. The summed E-state index contributed by atoms with van der Waals surface area (Å²) in [5, 5.41) is 0. The molecule has 4 heteroatoms. The number of esters is 1. The van der Waals surface area contributed by atoms with Gasteiger partial charge in [0.05, 0.1) is 23.1 Å². The number of carbonyl (C=O) groups is 2. The first-order chi connectivity index (χ1) is 15.5. The molecular weight excluding hydrogens is 398 g/mol. The van der Waals surface area contributed by atoms with Gasteiger partial charge < -0.3 is 4.74 Å². The molecule has 2 saturated carbocycles. The van der Waals surface area contributed by atoms with Crippen LogP contribution in [0.25, 0.3) is 11.1 Å². The SMILES string of the molecule is CCOC(=O)c1ccc(C2=C(c3ccccc3)[C@@]34CCCC[C@@H]3[C@]2(N(C)C)CC4=O)cc1. The van der Waals surface area contributed by atoms with E-state index < -0.39 is 5.41 Å². The van der Waals surface area contributed by atoms with E-state index in [0.29, 0.717) is 30.3 Å². The number of ether oxygens (including phenoxy) is 1. The molecule has 0 saturated heterocycles. The van der Waals surface area contributed by atoms with Crippen molar-refractivity contribution < 1.29 is 14.3 Å². The first-order valence-electron chi connectivity index (χ1n) is 11.8. The van der Waals surface area contributed by atoms with Crippen molar-refractivity contribution in [1.82, 2.24) is 4.90 Å². The topological polar surface area (TPSA) is 46.6 Å². The van der Waals surface area contributed by atoms with Gasteiger partial charge in [0, 0.05) is 6.42 Å². The smallest absolute Gasteiger partial charge is 0.338 e. The van der Waals surface area contributed by atoms with Crippen molar-refractivity contribution in [1.29, 1.82) is 0 Å². The van der Waals surface area contributed by atoms with Gasteiger partial charge in [-0.1, -0.05) is 55.3 Å². The standard InChI is InChI=1S/C28H31NO3/c1-4-32-26(31)21-15-13-20(14-16-21)25-24(19-10-6-5-7-11-19)27-17-9-8-12-22(27)28(25,29(2)3)18-23(27)30/h5-7,10-11,13-16,22H,4,8-9,12,17-18H2,1-3H3/t22-,27-,28+/m0/s1. The molecule has 166 valence electrons. The van der Waals surface area contributed by atoms with Crippen LogP contribution in [0.1, 0.15) is 60.5 Å². The molecule has 0 N–H and O–H groups in total. The third-order valence-corrected chi connectivity index (χ3v) is 8.09. The maximum atomic E-state index is 13.8. The van der Waals surface area contributed by atoms with Crippen LogP contribution in [0.4, 0.5) is 0 Å². The second kappa shape index (κ2) is 7.70. The highest BCUT2D eigenvalue weighted by Gasteiger charge is 2.71. The second-order valence-corrected chi connectivity index (χ2v) is 9.60. The largest absolute Gasteiger partial charge is 0.462 e. The van der Waals surface area contributed by atoms with Crippen molar-refractivity contribution in [2.24, 2.45) is 11.3 Å². The van der Waals surface area contributed by atoms with E-state index in [1.165, 1.54) is 17.6 Å². The van der Waals surface area contributed by atoms with Crippen LogP contribution in [0.15, 0.2) is 54.6 Å².